The Morgan fingerprint density at radius 3 is 2.08 bits per heavy atom. The van der Waals surface area contributed by atoms with Gasteiger partial charge in [-0.2, -0.15) is 0 Å². The maximum atomic E-state index is 13.9. The van der Waals surface area contributed by atoms with E-state index in [0.29, 0.717) is 19.3 Å². The molecule has 4 unspecified atom stereocenters. The van der Waals surface area contributed by atoms with Gasteiger partial charge in [0.25, 0.3) is 0 Å². The Balaban J connectivity index is 1.59. The SMILES string of the molecule is CCOC(=O)C(C1Cc2ccccc2C1)N1C(C(=O)OCc2ccccc2)Cc2ccccc2C1C(=O)C(C)N. The summed E-state index contributed by atoms with van der Waals surface area (Å²) >= 11 is 0. The molecule has 1 heterocycles. The first-order chi connectivity index (χ1) is 19.4. The van der Waals surface area contributed by atoms with Gasteiger partial charge in [-0.15, -0.1) is 0 Å². The Bertz CT molecular complexity index is 1350. The van der Waals surface area contributed by atoms with Crippen molar-refractivity contribution in [3.8, 4) is 0 Å². The van der Waals surface area contributed by atoms with Crippen molar-refractivity contribution >= 4 is 17.7 Å². The van der Waals surface area contributed by atoms with Gasteiger partial charge in [-0.3, -0.25) is 19.3 Å². The summed E-state index contributed by atoms with van der Waals surface area (Å²) in [6.45, 7) is 3.69. The van der Waals surface area contributed by atoms with Crippen molar-refractivity contribution in [1.29, 1.82) is 0 Å². The molecule has 5 rings (SSSR count). The van der Waals surface area contributed by atoms with Gasteiger partial charge in [-0.05, 0) is 66.8 Å². The number of rotatable bonds is 9. The summed E-state index contributed by atoms with van der Waals surface area (Å²) < 4.78 is 11.5. The van der Waals surface area contributed by atoms with E-state index in [2.05, 4.69) is 12.1 Å². The predicted octanol–water partition coefficient (Wildman–Crippen LogP) is 3.96. The van der Waals surface area contributed by atoms with Crippen LogP contribution in [0.3, 0.4) is 0 Å². The van der Waals surface area contributed by atoms with Crippen LogP contribution >= 0.6 is 0 Å². The number of nitrogens with zero attached hydrogens (tertiary/aromatic N) is 1. The molecular formula is C33H36N2O5. The molecule has 0 saturated carbocycles. The minimum absolute atomic E-state index is 0.0938. The zero-order valence-corrected chi connectivity index (χ0v) is 23.0. The fraction of sp³-hybridized carbons (Fsp3) is 0.364. The highest BCUT2D eigenvalue weighted by Crippen LogP contribution is 2.41. The van der Waals surface area contributed by atoms with Crippen LogP contribution < -0.4 is 5.73 Å². The van der Waals surface area contributed by atoms with Gasteiger partial charge < -0.3 is 15.2 Å². The van der Waals surface area contributed by atoms with E-state index in [1.165, 1.54) is 0 Å². The van der Waals surface area contributed by atoms with E-state index in [0.717, 1.165) is 27.8 Å². The number of nitrogens with two attached hydrogens (primary N) is 1. The first-order valence-electron chi connectivity index (χ1n) is 14.0. The van der Waals surface area contributed by atoms with E-state index in [1.807, 2.05) is 66.7 Å². The van der Waals surface area contributed by atoms with Gasteiger partial charge in [-0.1, -0.05) is 78.9 Å². The smallest absolute Gasteiger partial charge is 0.324 e. The van der Waals surface area contributed by atoms with Crippen LogP contribution in [0.5, 0.6) is 0 Å². The third-order valence-corrected chi connectivity index (χ3v) is 8.01. The Morgan fingerprint density at radius 2 is 1.45 bits per heavy atom. The number of fused-ring (bicyclic) bond motifs is 2. The molecule has 40 heavy (non-hydrogen) atoms. The molecule has 4 atom stereocenters. The minimum Gasteiger partial charge on any atom is -0.465 e. The summed E-state index contributed by atoms with van der Waals surface area (Å²) in [6, 6.07) is 21.7. The fourth-order valence-corrected chi connectivity index (χ4v) is 6.18. The van der Waals surface area contributed by atoms with Gasteiger partial charge in [0.05, 0.1) is 18.7 Å². The van der Waals surface area contributed by atoms with Crippen LogP contribution in [0.1, 0.15) is 47.7 Å². The van der Waals surface area contributed by atoms with E-state index in [9.17, 15) is 14.4 Å². The number of hydrogen-bond acceptors (Lipinski definition) is 7. The van der Waals surface area contributed by atoms with Crippen molar-refractivity contribution in [2.24, 2.45) is 11.7 Å². The second-order valence-electron chi connectivity index (χ2n) is 10.7. The molecule has 7 nitrogen and oxygen atoms in total. The normalized spacial score (nSPS) is 20.2. The Hall–Kier alpha value is -3.81. The highest BCUT2D eigenvalue weighted by atomic mass is 16.5. The molecule has 0 radical (unpaired) electrons. The van der Waals surface area contributed by atoms with Gasteiger partial charge in [0.2, 0.25) is 0 Å². The number of ether oxygens (including phenoxy) is 2. The number of carbonyl (C=O) groups is 3. The highest BCUT2D eigenvalue weighted by Gasteiger charge is 2.51. The lowest BCUT2D eigenvalue weighted by Crippen LogP contribution is -2.61. The summed E-state index contributed by atoms with van der Waals surface area (Å²) in [7, 11) is 0. The monoisotopic (exact) mass is 540 g/mol. The van der Waals surface area contributed by atoms with Crippen molar-refractivity contribution in [3.63, 3.8) is 0 Å². The Labute approximate surface area is 235 Å². The maximum absolute atomic E-state index is 13.9. The number of hydrogen-bond donors (Lipinski definition) is 1. The molecule has 0 fully saturated rings. The second-order valence-corrected chi connectivity index (χ2v) is 10.7. The van der Waals surface area contributed by atoms with Crippen LogP contribution in [0.4, 0.5) is 0 Å². The van der Waals surface area contributed by atoms with Gasteiger partial charge in [0, 0.05) is 0 Å². The van der Waals surface area contributed by atoms with E-state index in [-0.39, 0.29) is 24.9 Å². The van der Waals surface area contributed by atoms with Crippen molar-refractivity contribution < 1.29 is 23.9 Å². The van der Waals surface area contributed by atoms with Crippen molar-refractivity contribution in [1.82, 2.24) is 4.90 Å². The molecule has 2 N–H and O–H groups in total. The third-order valence-electron chi connectivity index (χ3n) is 8.01. The summed E-state index contributed by atoms with van der Waals surface area (Å²) in [5.74, 6) is -1.36. The molecule has 208 valence electrons. The van der Waals surface area contributed by atoms with Crippen molar-refractivity contribution in [2.45, 2.75) is 63.9 Å². The molecule has 7 heteroatoms. The van der Waals surface area contributed by atoms with E-state index in [4.69, 9.17) is 15.2 Å². The molecule has 1 aliphatic carbocycles. The van der Waals surface area contributed by atoms with Crippen LogP contribution in [0.15, 0.2) is 78.9 Å². The quantitative estimate of drug-likeness (QED) is 0.410. The predicted molar refractivity (Wildman–Crippen MR) is 151 cm³/mol. The van der Waals surface area contributed by atoms with Crippen molar-refractivity contribution in [3.05, 3.63) is 107 Å². The van der Waals surface area contributed by atoms with Gasteiger partial charge in [-0.25, -0.2) is 0 Å². The summed E-state index contributed by atoms with van der Waals surface area (Å²) in [5, 5.41) is 0. The number of esters is 2. The summed E-state index contributed by atoms with van der Waals surface area (Å²) in [6.07, 6.45) is 1.59. The minimum atomic E-state index is -0.891. The molecule has 0 spiro atoms. The number of ketones is 1. The third kappa shape index (κ3) is 5.58. The lowest BCUT2D eigenvalue weighted by Gasteiger charge is -2.46. The van der Waals surface area contributed by atoms with E-state index >= 15 is 0 Å². The van der Waals surface area contributed by atoms with Crippen LogP contribution in [-0.4, -0.2) is 47.4 Å². The fourth-order valence-electron chi connectivity index (χ4n) is 6.18. The molecule has 0 saturated heterocycles. The van der Waals surface area contributed by atoms with Crippen LogP contribution in [0.25, 0.3) is 0 Å². The molecule has 1 aliphatic heterocycles. The standard InChI is InChI=1S/C33H36N2O5/c1-3-39-33(38)29(26-17-23-13-7-8-14-24(23)18-26)35-28(32(37)40-20-22-11-5-4-6-12-22)19-25-15-9-10-16-27(25)30(35)31(36)21(2)34/h4-16,21,26,28-30H,3,17-20,34H2,1-2H3. The largest absolute Gasteiger partial charge is 0.465 e. The molecule has 3 aromatic carbocycles. The van der Waals surface area contributed by atoms with Crippen LogP contribution in [0, 0.1) is 5.92 Å². The lowest BCUT2D eigenvalue weighted by atomic mass is 9.81. The summed E-state index contributed by atoms with van der Waals surface area (Å²) in [5.41, 5.74) is 11.0. The second kappa shape index (κ2) is 12.1. The Morgan fingerprint density at radius 1 is 0.850 bits per heavy atom. The zero-order valence-electron chi connectivity index (χ0n) is 23.0. The number of carbonyl (C=O) groups excluding carboxylic acids is 3. The van der Waals surface area contributed by atoms with Crippen LogP contribution in [0.2, 0.25) is 0 Å². The average molecular weight is 541 g/mol. The Kier molecular flexibility index (Phi) is 8.43. The number of benzene rings is 3. The lowest BCUT2D eigenvalue weighted by molar-refractivity contribution is -0.165. The molecule has 0 aromatic heterocycles. The van der Waals surface area contributed by atoms with E-state index in [1.54, 1.807) is 18.7 Å². The molecule has 0 bridgehead atoms. The maximum Gasteiger partial charge on any atom is 0.324 e. The molecule has 2 aliphatic rings. The van der Waals surface area contributed by atoms with Gasteiger partial charge in [0.1, 0.15) is 18.7 Å². The molecule has 3 aromatic rings. The summed E-state index contributed by atoms with van der Waals surface area (Å²) in [4.78, 5) is 43.3. The van der Waals surface area contributed by atoms with Gasteiger partial charge >= 0.3 is 11.9 Å². The molecular weight excluding hydrogens is 504 g/mol. The topological polar surface area (TPSA) is 98.9 Å². The van der Waals surface area contributed by atoms with Crippen LogP contribution in [-0.2, 0) is 49.7 Å². The zero-order chi connectivity index (χ0) is 28.2. The number of Topliss-reactive ketones (excluding diaryl/α,β-unsaturated/α-hetero) is 1. The highest BCUT2D eigenvalue weighted by molar-refractivity contribution is 5.92. The first-order valence-corrected chi connectivity index (χ1v) is 14.0. The first kappa shape index (κ1) is 27.7. The van der Waals surface area contributed by atoms with Crippen molar-refractivity contribution in [2.75, 3.05) is 6.61 Å². The van der Waals surface area contributed by atoms with Gasteiger partial charge in [0.15, 0.2) is 5.78 Å². The average Bonchev–Trinajstić information content (AvgIpc) is 3.39. The molecule has 0 amide bonds. The van der Waals surface area contributed by atoms with E-state index < -0.39 is 36.1 Å².